The summed E-state index contributed by atoms with van der Waals surface area (Å²) in [5.41, 5.74) is 0.700. The van der Waals surface area contributed by atoms with Gasteiger partial charge in [0.1, 0.15) is 5.69 Å². The lowest BCUT2D eigenvalue weighted by Crippen LogP contribution is -2.25. The first-order valence-electron chi connectivity index (χ1n) is 6.99. The zero-order chi connectivity index (χ0) is 13.2. The molecule has 0 radical (unpaired) electrons. The Balaban J connectivity index is 1.90. The van der Waals surface area contributed by atoms with Crippen LogP contribution in [0.1, 0.15) is 43.1 Å². The molecule has 0 amide bonds. The van der Waals surface area contributed by atoms with Crippen molar-refractivity contribution in [2.24, 2.45) is 5.92 Å². The molecule has 1 aliphatic rings. The Morgan fingerprint density at radius 1 is 1.47 bits per heavy atom. The van der Waals surface area contributed by atoms with E-state index >= 15 is 0 Å². The highest BCUT2D eigenvalue weighted by atomic mass is 32.1. The summed E-state index contributed by atoms with van der Waals surface area (Å²) >= 11 is 1.58. The largest absolute Gasteiger partial charge is 0.355 e. The third kappa shape index (κ3) is 2.27. The van der Waals surface area contributed by atoms with Gasteiger partial charge in [0.05, 0.1) is 0 Å². The molecule has 1 aliphatic heterocycles. The van der Waals surface area contributed by atoms with Crippen LogP contribution in [0.25, 0.3) is 4.96 Å². The van der Waals surface area contributed by atoms with E-state index < -0.39 is 0 Å². The van der Waals surface area contributed by atoms with Crippen molar-refractivity contribution in [2.45, 2.75) is 32.6 Å². The quantitative estimate of drug-likeness (QED) is 0.808. The number of aromatic nitrogens is 2. The molecule has 0 saturated carbocycles. The van der Waals surface area contributed by atoms with Crippen molar-refractivity contribution >= 4 is 28.4 Å². The van der Waals surface area contributed by atoms with Crippen molar-refractivity contribution in [3.05, 3.63) is 17.3 Å². The van der Waals surface area contributed by atoms with Crippen LogP contribution in [0.4, 0.5) is 5.82 Å². The van der Waals surface area contributed by atoms with Crippen LogP contribution in [0.5, 0.6) is 0 Å². The summed E-state index contributed by atoms with van der Waals surface area (Å²) in [5.74, 6) is 1.70. The molecule has 5 heteroatoms. The molecular formula is C14H19N3OS. The van der Waals surface area contributed by atoms with Gasteiger partial charge in [0, 0.05) is 24.7 Å². The van der Waals surface area contributed by atoms with Crippen molar-refractivity contribution in [1.29, 1.82) is 0 Å². The number of carbonyl (C=O) groups is 1. The van der Waals surface area contributed by atoms with Gasteiger partial charge in [-0.2, -0.15) is 0 Å². The molecule has 0 aliphatic carbocycles. The van der Waals surface area contributed by atoms with Gasteiger partial charge in [-0.1, -0.05) is 13.3 Å². The molecule has 2 aromatic heterocycles. The number of hydrogen-bond donors (Lipinski definition) is 0. The summed E-state index contributed by atoms with van der Waals surface area (Å²) in [6.07, 6.45) is 7.82. The monoisotopic (exact) mass is 277 g/mol. The van der Waals surface area contributed by atoms with E-state index in [0.29, 0.717) is 5.69 Å². The number of anilines is 1. The van der Waals surface area contributed by atoms with Gasteiger partial charge in [-0.15, -0.1) is 11.3 Å². The van der Waals surface area contributed by atoms with Crippen LogP contribution >= 0.6 is 11.3 Å². The molecule has 0 N–H and O–H groups in total. The first-order chi connectivity index (χ1) is 9.33. The first kappa shape index (κ1) is 12.7. The molecule has 19 heavy (non-hydrogen) atoms. The Bertz CT molecular complexity index is 574. The van der Waals surface area contributed by atoms with Gasteiger partial charge < -0.3 is 4.90 Å². The van der Waals surface area contributed by atoms with Crippen LogP contribution in [0.2, 0.25) is 0 Å². The highest BCUT2D eigenvalue weighted by molar-refractivity contribution is 7.15. The lowest BCUT2D eigenvalue weighted by atomic mass is 9.98. The van der Waals surface area contributed by atoms with Crippen LogP contribution in [0.3, 0.4) is 0 Å². The highest BCUT2D eigenvalue weighted by Gasteiger charge is 2.22. The van der Waals surface area contributed by atoms with E-state index in [4.69, 9.17) is 0 Å². The Labute approximate surface area is 117 Å². The van der Waals surface area contributed by atoms with E-state index in [1.54, 1.807) is 11.3 Å². The Hall–Kier alpha value is -1.36. The van der Waals surface area contributed by atoms with E-state index in [9.17, 15) is 4.79 Å². The minimum atomic E-state index is 0.700. The topological polar surface area (TPSA) is 37.6 Å². The maximum Gasteiger partial charge on any atom is 0.196 e. The maximum absolute atomic E-state index is 11.4. The molecule has 3 heterocycles. The third-order valence-corrected chi connectivity index (χ3v) is 4.87. The molecule has 1 atom stereocenters. The average molecular weight is 277 g/mol. The second-order valence-electron chi connectivity index (χ2n) is 5.19. The van der Waals surface area contributed by atoms with Gasteiger partial charge in [-0.05, 0) is 25.2 Å². The number of fused-ring (bicyclic) bond motifs is 1. The molecule has 102 valence electrons. The molecule has 0 bridgehead atoms. The van der Waals surface area contributed by atoms with Crippen LogP contribution in [0, 0.1) is 5.92 Å². The van der Waals surface area contributed by atoms with Crippen LogP contribution in [-0.2, 0) is 0 Å². The number of hydrogen-bond acceptors (Lipinski definition) is 4. The second-order valence-corrected chi connectivity index (χ2v) is 6.06. The number of carbonyl (C=O) groups excluding carboxylic acids is 1. The predicted octanol–water partition coefficient (Wildman–Crippen LogP) is 3.22. The van der Waals surface area contributed by atoms with Crippen LogP contribution in [-0.4, -0.2) is 28.8 Å². The van der Waals surface area contributed by atoms with Gasteiger partial charge in [0.2, 0.25) is 0 Å². The number of nitrogens with zero attached hydrogens (tertiary/aromatic N) is 3. The summed E-state index contributed by atoms with van der Waals surface area (Å²) in [6.45, 7) is 4.30. The fourth-order valence-electron chi connectivity index (χ4n) is 2.92. The molecular weight excluding hydrogens is 258 g/mol. The van der Waals surface area contributed by atoms with E-state index in [1.807, 2.05) is 16.0 Å². The van der Waals surface area contributed by atoms with E-state index in [0.717, 1.165) is 36.1 Å². The van der Waals surface area contributed by atoms with Crippen molar-refractivity contribution in [1.82, 2.24) is 9.38 Å². The van der Waals surface area contributed by atoms with Gasteiger partial charge >= 0.3 is 0 Å². The highest BCUT2D eigenvalue weighted by Crippen LogP contribution is 2.27. The van der Waals surface area contributed by atoms with E-state index in [-0.39, 0.29) is 0 Å². The van der Waals surface area contributed by atoms with Crippen molar-refractivity contribution in [2.75, 3.05) is 18.0 Å². The van der Waals surface area contributed by atoms with E-state index in [2.05, 4.69) is 16.8 Å². The fraction of sp³-hybridized carbons (Fsp3) is 0.571. The Kier molecular flexibility index (Phi) is 3.55. The lowest BCUT2D eigenvalue weighted by molar-refractivity contribution is 0.111. The molecule has 1 unspecified atom stereocenters. The molecule has 0 spiro atoms. The predicted molar refractivity (Wildman–Crippen MR) is 78.3 cm³/mol. The third-order valence-electron chi connectivity index (χ3n) is 4.12. The zero-order valence-electron chi connectivity index (χ0n) is 11.2. The summed E-state index contributed by atoms with van der Waals surface area (Å²) < 4.78 is 1.90. The fourth-order valence-corrected chi connectivity index (χ4v) is 3.64. The zero-order valence-corrected chi connectivity index (χ0v) is 12.0. The summed E-state index contributed by atoms with van der Waals surface area (Å²) in [6, 6.07) is 0. The molecule has 1 saturated heterocycles. The van der Waals surface area contributed by atoms with Crippen molar-refractivity contribution in [3.8, 4) is 0 Å². The first-order valence-corrected chi connectivity index (χ1v) is 7.87. The smallest absolute Gasteiger partial charge is 0.196 e. The second kappa shape index (κ2) is 5.33. The summed E-state index contributed by atoms with van der Waals surface area (Å²) in [7, 11) is 0. The van der Waals surface area contributed by atoms with Gasteiger partial charge in [0.25, 0.3) is 0 Å². The van der Waals surface area contributed by atoms with Crippen LogP contribution < -0.4 is 4.90 Å². The molecule has 0 aromatic carbocycles. The molecule has 2 aromatic rings. The van der Waals surface area contributed by atoms with Crippen molar-refractivity contribution < 1.29 is 4.79 Å². The molecule has 1 fully saturated rings. The molecule has 4 nitrogen and oxygen atoms in total. The normalized spacial score (nSPS) is 20.7. The van der Waals surface area contributed by atoms with Gasteiger partial charge in [-0.3, -0.25) is 9.20 Å². The van der Waals surface area contributed by atoms with E-state index in [1.165, 1.54) is 25.7 Å². The minimum Gasteiger partial charge on any atom is -0.355 e. The van der Waals surface area contributed by atoms with Crippen molar-refractivity contribution in [3.63, 3.8) is 0 Å². The Morgan fingerprint density at radius 2 is 2.37 bits per heavy atom. The number of thiazole rings is 1. The number of aldehydes is 1. The number of imidazole rings is 1. The standard InChI is InChI=1S/C14H19N3OS/c1-2-11-4-3-6-16(7-5-11)13-12(10-18)17-8-9-19-14(17)15-13/h8-11H,2-7H2,1H3. The summed E-state index contributed by atoms with van der Waals surface area (Å²) in [5, 5.41) is 1.97. The maximum atomic E-state index is 11.4. The lowest BCUT2D eigenvalue weighted by Gasteiger charge is -2.20. The number of rotatable bonds is 3. The average Bonchev–Trinajstić information content (AvgIpc) is 2.91. The van der Waals surface area contributed by atoms with Gasteiger partial charge in [-0.25, -0.2) is 4.98 Å². The summed E-state index contributed by atoms with van der Waals surface area (Å²) in [4.78, 5) is 19.2. The Morgan fingerprint density at radius 3 is 3.16 bits per heavy atom. The minimum absolute atomic E-state index is 0.700. The van der Waals surface area contributed by atoms with Gasteiger partial charge in [0.15, 0.2) is 17.1 Å². The SMILES string of the molecule is CCC1CCCN(c2nc3sccn3c2C=O)CC1. The molecule has 3 rings (SSSR count). The van der Waals surface area contributed by atoms with Crippen LogP contribution in [0.15, 0.2) is 11.6 Å².